The molecule has 0 spiro atoms. The fourth-order valence-corrected chi connectivity index (χ4v) is 3.48. The summed E-state index contributed by atoms with van der Waals surface area (Å²) in [5.41, 5.74) is 5.82. The van der Waals surface area contributed by atoms with Crippen LogP contribution >= 0.6 is 0 Å². The minimum absolute atomic E-state index is 0.336. The quantitative estimate of drug-likeness (QED) is 0.330. The number of hydrogen-bond acceptors (Lipinski definition) is 4. The minimum Gasteiger partial charge on any atom is -0.497 e. The zero-order valence-corrected chi connectivity index (χ0v) is 18.1. The van der Waals surface area contributed by atoms with Gasteiger partial charge in [-0.25, -0.2) is 5.43 Å². The van der Waals surface area contributed by atoms with Crippen LogP contribution in [0.25, 0.3) is 10.9 Å². The van der Waals surface area contributed by atoms with Crippen LogP contribution in [-0.2, 0) is 11.3 Å². The van der Waals surface area contributed by atoms with E-state index in [1.165, 1.54) is 5.56 Å². The van der Waals surface area contributed by atoms with E-state index in [2.05, 4.69) is 39.4 Å². The molecule has 0 radical (unpaired) electrons. The molecule has 0 saturated carbocycles. The number of rotatable bonds is 8. The molecule has 1 amide bonds. The van der Waals surface area contributed by atoms with Crippen molar-refractivity contribution >= 4 is 23.0 Å². The number of nitrogens with zero attached hydrogens (tertiary/aromatic N) is 2. The van der Waals surface area contributed by atoms with Crippen LogP contribution in [0.2, 0.25) is 0 Å². The van der Waals surface area contributed by atoms with Gasteiger partial charge in [-0.1, -0.05) is 54.6 Å². The summed E-state index contributed by atoms with van der Waals surface area (Å²) in [4.78, 5) is 12.4. The smallest absolute Gasteiger partial charge is 0.280 e. The van der Waals surface area contributed by atoms with Crippen molar-refractivity contribution in [3.63, 3.8) is 0 Å². The molecular weight excluding hydrogens is 402 g/mol. The SMILES string of the molecule is COc1cccc(OC(C)C(=O)N/N=C/c2cn(Cc3ccccc3)c3ccccc23)c1. The van der Waals surface area contributed by atoms with Crippen molar-refractivity contribution < 1.29 is 14.3 Å². The highest BCUT2D eigenvalue weighted by atomic mass is 16.5. The molecule has 0 bridgehead atoms. The third-order valence-corrected chi connectivity index (χ3v) is 5.12. The van der Waals surface area contributed by atoms with E-state index < -0.39 is 6.10 Å². The Hall–Kier alpha value is -4.06. The topological polar surface area (TPSA) is 64.8 Å². The molecule has 6 heteroatoms. The van der Waals surface area contributed by atoms with E-state index in [1.54, 1.807) is 32.4 Å². The predicted molar refractivity (Wildman–Crippen MR) is 126 cm³/mol. The second-order valence-corrected chi connectivity index (χ2v) is 7.39. The van der Waals surface area contributed by atoms with Crippen LogP contribution in [0.15, 0.2) is 90.2 Å². The number of ether oxygens (including phenoxy) is 2. The Morgan fingerprint density at radius 2 is 1.78 bits per heavy atom. The van der Waals surface area contributed by atoms with Gasteiger partial charge in [-0.15, -0.1) is 0 Å². The van der Waals surface area contributed by atoms with Crippen LogP contribution in [0.3, 0.4) is 0 Å². The number of hydrazone groups is 1. The first-order chi connectivity index (χ1) is 15.6. The summed E-state index contributed by atoms with van der Waals surface area (Å²) in [6.45, 7) is 2.43. The molecule has 0 aliphatic carbocycles. The molecule has 162 valence electrons. The largest absolute Gasteiger partial charge is 0.497 e. The molecule has 0 fully saturated rings. The standard InChI is InChI=1S/C26H25N3O3/c1-19(32-23-12-8-11-22(15-23)31-2)26(30)28-27-16-21-18-29(17-20-9-4-3-5-10-20)25-14-7-6-13-24(21)25/h3-16,18-19H,17H2,1-2H3,(H,28,30)/b27-16+. The first-order valence-electron chi connectivity index (χ1n) is 10.4. The summed E-state index contributed by atoms with van der Waals surface area (Å²) in [7, 11) is 1.58. The van der Waals surface area contributed by atoms with Crippen LogP contribution in [0.5, 0.6) is 11.5 Å². The van der Waals surface area contributed by atoms with Gasteiger partial charge in [-0.3, -0.25) is 4.79 Å². The lowest BCUT2D eigenvalue weighted by molar-refractivity contribution is -0.127. The zero-order chi connectivity index (χ0) is 22.3. The fraction of sp³-hybridized carbons (Fsp3) is 0.154. The Morgan fingerprint density at radius 3 is 2.59 bits per heavy atom. The summed E-state index contributed by atoms with van der Waals surface area (Å²) in [5.74, 6) is 0.886. The summed E-state index contributed by atoms with van der Waals surface area (Å²) < 4.78 is 13.1. The number of amides is 1. The van der Waals surface area contributed by atoms with Gasteiger partial charge in [0.25, 0.3) is 5.91 Å². The highest BCUT2D eigenvalue weighted by molar-refractivity contribution is 5.99. The summed E-state index contributed by atoms with van der Waals surface area (Å²) in [5, 5.41) is 5.24. The Bertz CT molecular complexity index is 1230. The molecule has 3 aromatic carbocycles. The van der Waals surface area contributed by atoms with Gasteiger partial charge in [0, 0.05) is 35.3 Å². The van der Waals surface area contributed by atoms with Crippen LogP contribution in [0.4, 0.5) is 0 Å². The molecule has 1 unspecified atom stereocenters. The lowest BCUT2D eigenvalue weighted by atomic mass is 10.2. The highest BCUT2D eigenvalue weighted by Crippen LogP contribution is 2.22. The van der Waals surface area contributed by atoms with Crippen molar-refractivity contribution in [2.24, 2.45) is 5.10 Å². The van der Waals surface area contributed by atoms with Gasteiger partial charge >= 0.3 is 0 Å². The average molecular weight is 428 g/mol. The number of methoxy groups -OCH3 is 1. The van der Waals surface area contributed by atoms with E-state index in [1.807, 2.05) is 48.7 Å². The van der Waals surface area contributed by atoms with E-state index in [4.69, 9.17) is 9.47 Å². The van der Waals surface area contributed by atoms with E-state index in [-0.39, 0.29) is 5.91 Å². The number of hydrogen-bond donors (Lipinski definition) is 1. The maximum Gasteiger partial charge on any atom is 0.280 e. The first-order valence-corrected chi connectivity index (χ1v) is 10.4. The Morgan fingerprint density at radius 1 is 1.03 bits per heavy atom. The van der Waals surface area contributed by atoms with Crippen molar-refractivity contribution in [1.29, 1.82) is 0 Å². The monoisotopic (exact) mass is 427 g/mol. The molecule has 1 heterocycles. The Labute approximate surface area is 187 Å². The van der Waals surface area contributed by atoms with E-state index in [0.717, 1.165) is 23.0 Å². The molecule has 0 aliphatic rings. The van der Waals surface area contributed by atoms with Gasteiger partial charge in [0.1, 0.15) is 11.5 Å². The third-order valence-electron chi connectivity index (χ3n) is 5.12. The molecule has 4 rings (SSSR count). The fourth-order valence-electron chi connectivity index (χ4n) is 3.48. The minimum atomic E-state index is -0.710. The Kier molecular flexibility index (Phi) is 6.51. The van der Waals surface area contributed by atoms with Crippen molar-refractivity contribution in [1.82, 2.24) is 9.99 Å². The van der Waals surface area contributed by atoms with Gasteiger partial charge < -0.3 is 14.0 Å². The van der Waals surface area contributed by atoms with Crippen LogP contribution in [0.1, 0.15) is 18.1 Å². The zero-order valence-electron chi connectivity index (χ0n) is 18.1. The number of nitrogens with one attached hydrogen (secondary N) is 1. The third kappa shape index (κ3) is 4.98. The molecule has 0 saturated heterocycles. The molecule has 1 aromatic heterocycles. The van der Waals surface area contributed by atoms with Crippen molar-refractivity contribution in [3.8, 4) is 11.5 Å². The number of para-hydroxylation sites is 1. The number of carbonyl (C=O) groups excluding carboxylic acids is 1. The summed E-state index contributed by atoms with van der Waals surface area (Å²) >= 11 is 0. The molecular formula is C26H25N3O3. The van der Waals surface area contributed by atoms with Crippen LogP contribution in [-0.4, -0.2) is 29.9 Å². The van der Waals surface area contributed by atoms with Crippen molar-refractivity contribution in [2.75, 3.05) is 7.11 Å². The average Bonchev–Trinajstić information content (AvgIpc) is 3.17. The van der Waals surface area contributed by atoms with Gasteiger partial charge in [-0.05, 0) is 30.7 Å². The highest BCUT2D eigenvalue weighted by Gasteiger charge is 2.14. The number of fused-ring (bicyclic) bond motifs is 1. The molecule has 32 heavy (non-hydrogen) atoms. The molecule has 4 aromatic rings. The van der Waals surface area contributed by atoms with Crippen LogP contribution in [0, 0.1) is 0 Å². The van der Waals surface area contributed by atoms with Gasteiger partial charge in [0.15, 0.2) is 6.10 Å². The maximum atomic E-state index is 12.4. The van der Waals surface area contributed by atoms with E-state index in [9.17, 15) is 4.79 Å². The summed E-state index contributed by atoms with van der Waals surface area (Å²) in [6.07, 6.45) is 3.00. The second kappa shape index (κ2) is 9.83. The predicted octanol–water partition coefficient (Wildman–Crippen LogP) is 4.62. The van der Waals surface area contributed by atoms with Crippen molar-refractivity contribution in [2.45, 2.75) is 19.6 Å². The van der Waals surface area contributed by atoms with Crippen molar-refractivity contribution in [3.05, 3.63) is 96.2 Å². The van der Waals surface area contributed by atoms with E-state index in [0.29, 0.717) is 11.5 Å². The van der Waals surface area contributed by atoms with E-state index >= 15 is 0 Å². The van der Waals surface area contributed by atoms with Crippen LogP contribution < -0.4 is 14.9 Å². The molecule has 6 nitrogen and oxygen atoms in total. The number of benzene rings is 3. The Balaban J connectivity index is 1.44. The lowest BCUT2D eigenvalue weighted by Gasteiger charge is -2.13. The second-order valence-electron chi connectivity index (χ2n) is 7.39. The molecule has 0 aliphatic heterocycles. The lowest BCUT2D eigenvalue weighted by Crippen LogP contribution is -2.33. The number of carbonyl (C=O) groups is 1. The maximum absolute atomic E-state index is 12.4. The summed E-state index contributed by atoms with van der Waals surface area (Å²) in [6, 6.07) is 25.6. The molecule has 1 N–H and O–H groups in total. The number of aromatic nitrogens is 1. The first kappa shape index (κ1) is 21.2. The molecule has 1 atom stereocenters. The normalized spacial score (nSPS) is 12.1. The van der Waals surface area contributed by atoms with Gasteiger partial charge in [-0.2, -0.15) is 5.10 Å². The van der Waals surface area contributed by atoms with Gasteiger partial charge in [0.2, 0.25) is 0 Å². The van der Waals surface area contributed by atoms with Gasteiger partial charge in [0.05, 0.1) is 13.3 Å².